The van der Waals surface area contributed by atoms with Gasteiger partial charge in [0.15, 0.2) is 0 Å². The molecule has 0 spiro atoms. The number of hydrogen-bond donors (Lipinski definition) is 1. The van der Waals surface area contributed by atoms with Gasteiger partial charge < -0.3 is 10.1 Å². The SMILES string of the molecule is CC(C)C(=O)OC1CCCNC1.Cl. The number of halogens is 1. The number of carbonyl (C=O) groups excluding carboxylic acids is 1. The van der Waals surface area contributed by atoms with E-state index >= 15 is 0 Å². The highest BCUT2D eigenvalue weighted by atomic mass is 35.5. The molecule has 0 aromatic rings. The molecular formula is C9H18ClNO2. The van der Waals surface area contributed by atoms with Gasteiger partial charge in [-0.1, -0.05) is 13.8 Å². The minimum absolute atomic E-state index is 0. The highest BCUT2D eigenvalue weighted by molar-refractivity contribution is 5.85. The first kappa shape index (κ1) is 12.7. The van der Waals surface area contributed by atoms with E-state index in [0.29, 0.717) is 0 Å². The van der Waals surface area contributed by atoms with Gasteiger partial charge in [-0.05, 0) is 19.4 Å². The zero-order valence-electron chi connectivity index (χ0n) is 8.21. The molecule has 1 saturated heterocycles. The summed E-state index contributed by atoms with van der Waals surface area (Å²) in [7, 11) is 0. The summed E-state index contributed by atoms with van der Waals surface area (Å²) < 4.78 is 5.25. The van der Waals surface area contributed by atoms with Gasteiger partial charge in [-0.15, -0.1) is 12.4 Å². The van der Waals surface area contributed by atoms with Crippen LogP contribution in [0.2, 0.25) is 0 Å². The Labute approximate surface area is 85.6 Å². The molecule has 4 heteroatoms. The number of piperidine rings is 1. The average Bonchev–Trinajstić information content (AvgIpc) is 2.06. The fraction of sp³-hybridized carbons (Fsp3) is 0.889. The quantitative estimate of drug-likeness (QED) is 0.695. The molecule has 0 amide bonds. The lowest BCUT2D eigenvalue weighted by Crippen LogP contribution is -2.37. The smallest absolute Gasteiger partial charge is 0.308 e. The molecule has 0 aromatic heterocycles. The molecule has 0 radical (unpaired) electrons. The van der Waals surface area contributed by atoms with Crippen LogP contribution >= 0.6 is 12.4 Å². The Morgan fingerprint density at radius 2 is 2.23 bits per heavy atom. The topological polar surface area (TPSA) is 38.3 Å². The number of hydrogen-bond acceptors (Lipinski definition) is 3. The van der Waals surface area contributed by atoms with Crippen molar-refractivity contribution in [2.24, 2.45) is 5.92 Å². The van der Waals surface area contributed by atoms with E-state index in [-0.39, 0.29) is 30.4 Å². The minimum atomic E-state index is -0.0799. The van der Waals surface area contributed by atoms with Crippen LogP contribution in [-0.4, -0.2) is 25.2 Å². The van der Waals surface area contributed by atoms with E-state index in [9.17, 15) is 4.79 Å². The molecule has 1 aliphatic heterocycles. The van der Waals surface area contributed by atoms with Gasteiger partial charge in [0, 0.05) is 6.54 Å². The summed E-state index contributed by atoms with van der Waals surface area (Å²) in [5, 5.41) is 3.20. The fourth-order valence-corrected chi connectivity index (χ4v) is 1.22. The van der Waals surface area contributed by atoms with Gasteiger partial charge >= 0.3 is 5.97 Å². The monoisotopic (exact) mass is 207 g/mol. The first-order valence-corrected chi connectivity index (χ1v) is 4.61. The fourth-order valence-electron chi connectivity index (χ4n) is 1.22. The first-order valence-electron chi connectivity index (χ1n) is 4.61. The second-order valence-corrected chi connectivity index (χ2v) is 3.56. The van der Waals surface area contributed by atoms with Crippen LogP contribution in [0.4, 0.5) is 0 Å². The summed E-state index contributed by atoms with van der Waals surface area (Å²) >= 11 is 0. The van der Waals surface area contributed by atoms with E-state index in [2.05, 4.69) is 5.32 Å². The highest BCUT2D eigenvalue weighted by Crippen LogP contribution is 2.08. The van der Waals surface area contributed by atoms with Gasteiger partial charge in [-0.2, -0.15) is 0 Å². The Kier molecular flexibility index (Phi) is 6.08. The maximum Gasteiger partial charge on any atom is 0.308 e. The Bertz CT molecular complexity index is 156. The zero-order chi connectivity index (χ0) is 8.97. The van der Waals surface area contributed by atoms with Gasteiger partial charge in [0.05, 0.1) is 5.92 Å². The van der Waals surface area contributed by atoms with Crippen LogP contribution in [-0.2, 0) is 9.53 Å². The minimum Gasteiger partial charge on any atom is -0.461 e. The molecule has 3 nitrogen and oxygen atoms in total. The van der Waals surface area contributed by atoms with E-state index < -0.39 is 0 Å². The second kappa shape index (κ2) is 6.22. The van der Waals surface area contributed by atoms with Crippen molar-refractivity contribution in [2.45, 2.75) is 32.8 Å². The number of rotatable bonds is 2. The van der Waals surface area contributed by atoms with Crippen LogP contribution < -0.4 is 5.32 Å². The summed E-state index contributed by atoms with van der Waals surface area (Å²) in [5.74, 6) is -0.0874. The molecule has 0 aliphatic carbocycles. The number of nitrogens with one attached hydrogen (secondary N) is 1. The number of esters is 1. The first-order chi connectivity index (χ1) is 5.70. The normalized spacial score (nSPS) is 22.2. The third-order valence-corrected chi connectivity index (χ3v) is 2.01. The molecule has 0 aromatic carbocycles. The predicted molar refractivity (Wildman–Crippen MR) is 54.1 cm³/mol. The van der Waals surface area contributed by atoms with Gasteiger partial charge in [0.2, 0.25) is 0 Å². The van der Waals surface area contributed by atoms with Crippen molar-refractivity contribution in [2.75, 3.05) is 13.1 Å². The Morgan fingerprint density at radius 1 is 1.54 bits per heavy atom. The van der Waals surface area contributed by atoms with E-state index in [4.69, 9.17) is 4.74 Å². The standard InChI is InChI=1S/C9H17NO2.ClH/c1-7(2)9(11)12-8-4-3-5-10-6-8;/h7-8,10H,3-6H2,1-2H3;1H. The van der Waals surface area contributed by atoms with Gasteiger partial charge in [-0.25, -0.2) is 0 Å². The van der Waals surface area contributed by atoms with Crippen LogP contribution in [0.3, 0.4) is 0 Å². The molecule has 1 aliphatic rings. The van der Waals surface area contributed by atoms with Crippen molar-refractivity contribution in [1.82, 2.24) is 5.32 Å². The van der Waals surface area contributed by atoms with Crippen molar-refractivity contribution in [3.8, 4) is 0 Å². The van der Waals surface area contributed by atoms with Crippen molar-refractivity contribution in [1.29, 1.82) is 0 Å². The Balaban J connectivity index is 0.00000144. The van der Waals surface area contributed by atoms with Gasteiger partial charge in [-0.3, -0.25) is 4.79 Å². The Hall–Kier alpha value is -0.280. The lowest BCUT2D eigenvalue weighted by molar-refractivity contribution is -0.153. The molecule has 13 heavy (non-hydrogen) atoms. The molecule has 78 valence electrons. The molecule has 1 rings (SSSR count). The third-order valence-electron chi connectivity index (χ3n) is 2.01. The highest BCUT2D eigenvalue weighted by Gasteiger charge is 2.18. The molecule has 1 atom stereocenters. The molecule has 1 heterocycles. The summed E-state index contributed by atoms with van der Waals surface area (Å²) in [6, 6.07) is 0. The van der Waals surface area contributed by atoms with Crippen LogP contribution in [0, 0.1) is 5.92 Å². The third kappa shape index (κ3) is 4.48. The average molecular weight is 208 g/mol. The summed E-state index contributed by atoms with van der Waals surface area (Å²) in [6.07, 6.45) is 2.22. The molecule has 1 unspecified atom stereocenters. The maximum atomic E-state index is 11.2. The largest absolute Gasteiger partial charge is 0.461 e. The predicted octanol–water partition coefficient (Wildman–Crippen LogP) is 1.36. The van der Waals surface area contributed by atoms with E-state index in [1.165, 1.54) is 0 Å². The van der Waals surface area contributed by atoms with E-state index in [0.717, 1.165) is 25.9 Å². The molecule has 0 saturated carbocycles. The summed E-state index contributed by atoms with van der Waals surface area (Å²) in [4.78, 5) is 11.2. The molecule has 1 N–H and O–H groups in total. The van der Waals surface area contributed by atoms with Crippen molar-refractivity contribution < 1.29 is 9.53 Å². The van der Waals surface area contributed by atoms with Crippen molar-refractivity contribution in [3.05, 3.63) is 0 Å². The summed E-state index contributed by atoms with van der Waals surface area (Å²) in [6.45, 7) is 5.59. The van der Waals surface area contributed by atoms with Crippen LogP contribution in [0.15, 0.2) is 0 Å². The molecule has 0 bridgehead atoms. The maximum absolute atomic E-state index is 11.2. The van der Waals surface area contributed by atoms with Crippen LogP contribution in [0.25, 0.3) is 0 Å². The van der Waals surface area contributed by atoms with Crippen molar-refractivity contribution >= 4 is 18.4 Å². The molecule has 1 fully saturated rings. The number of carbonyl (C=O) groups is 1. The van der Waals surface area contributed by atoms with E-state index in [1.54, 1.807) is 0 Å². The van der Waals surface area contributed by atoms with Crippen LogP contribution in [0.1, 0.15) is 26.7 Å². The lowest BCUT2D eigenvalue weighted by Gasteiger charge is -2.23. The van der Waals surface area contributed by atoms with E-state index in [1.807, 2.05) is 13.8 Å². The lowest BCUT2D eigenvalue weighted by atomic mass is 10.1. The second-order valence-electron chi connectivity index (χ2n) is 3.56. The molecular weight excluding hydrogens is 190 g/mol. The van der Waals surface area contributed by atoms with Gasteiger partial charge in [0.1, 0.15) is 6.10 Å². The van der Waals surface area contributed by atoms with Gasteiger partial charge in [0.25, 0.3) is 0 Å². The number of ether oxygens (including phenoxy) is 1. The zero-order valence-corrected chi connectivity index (χ0v) is 9.02. The summed E-state index contributed by atoms with van der Waals surface area (Å²) in [5.41, 5.74) is 0. The Morgan fingerprint density at radius 3 is 2.69 bits per heavy atom. The van der Waals surface area contributed by atoms with Crippen molar-refractivity contribution in [3.63, 3.8) is 0 Å². The van der Waals surface area contributed by atoms with Crippen LogP contribution in [0.5, 0.6) is 0 Å².